The van der Waals surface area contributed by atoms with Crippen LogP contribution in [0.2, 0.25) is 0 Å². The number of nitrogens with zero attached hydrogens (tertiary/aromatic N) is 1. The van der Waals surface area contributed by atoms with Gasteiger partial charge in [-0.3, -0.25) is 0 Å². The van der Waals surface area contributed by atoms with Crippen LogP contribution < -0.4 is 5.32 Å². The molecule has 1 heterocycles. The van der Waals surface area contributed by atoms with Crippen LogP contribution in [0.25, 0.3) is 0 Å². The molecule has 122 valence electrons. The van der Waals surface area contributed by atoms with Crippen molar-refractivity contribution in [3.63, 3.8) is 0 Å². The van der Waals surface area contributed by atoms with Gasteiger partial charge in [0.2, 0.25) is 0 Å². The van der Waals surface area contributed by atoms with Crippen molar-refractivity contribution in [3.8, 4) is 5.75 Å². The van der Waals surface area contributed by atoms with Gasteiger partial charge < -0.3 is 20.1 Å². The number of aryl methyl sites for hydroxylation is 1. The molecule has 0 saturated carbocycles. The molecule has 1 aromatic carbocycles. The summed E-state index contributed by atoms with van der Waals surface area (Å²) in [5.41, 5.74) is 1.23. The van der Waals surface area contributed by atoms with Crippen molar-refractivity contribution < 1.29 is 14.6 Å². The Morgan fingerprint density at radius 3 is 2.86 bits per heavy atom. The van der Waals surface area contributed by atoms with Crippen molar-refractivity contribution in [2.75, 3.05) is 20.2 Å². The number of carbonyl (C=O) groups excluding carboxylic acids is 1. The molecule has 0 radical (unpaired) electrons. The molecular weight excluding hydrogens is 280 g/mol. The quantitative estimate of drug-likeness (QED) is 0.877. The van der Waals surface area contributed by atoms with E-state index in [0.717, 1.165) is 38.8 Å². The predicted molar refractivity (Wildman–Crippen MR) is 86.0 cm³/mol. The number of nitrogens with one attached hydrogen (secondary N) is 1. The van der Waals surface area contributed by atoms with Gasteiger partial charge in [-0.25, -0.2) is 4.79 Å². The molecule has 5 nitrogen and oxygen atoms in total. The smallest absolute Gasteiger partial charge is 0.409 e. The lowest BCUT2D eigenvalue weighted by Crippen LogP contribution is -2.50. The Morgan fingerprint density at radius 1 is 1.45 bits per heavy atom. The maximum absolute atomic E-state index is 11.6. The molecular formula is C17H26N2O3. The third kappa shape index (κ3) is 4.91. The number of carbonyl (C=O) groups is 1. The molecule has 0 spiro atoms. The van der Waals surface area contributed by atoms with E-state index in [0.29, 0.717) is 17.8 Å². The van der Waals surface area contributed by atoms with E-state index in [4.69, 9.17) is 4.74 Å². The second-order valence-corrected chi connectivity index (χ2v) is 6.03. The van der Waals surface area contributed by atoms with Crippen LogP contribution >= 0.6 is 0 Å². The van der Waals surface area contributed by atoms with Crippen LogP contribution in [-0.2, 0) is 11.2 Å². The molecule has 1 aliphatic heterocycles. The first-order chi connectivity index (χ1) is 10.6. The molecule has 0 bridgehead atoms. The number of hydrogen-bond donors (Lipinski definition) is 2. The van der Waals surface area contributed by atoms with Crippen molar-refractivity contribution >= 4 is 6.09 Å². The largest absolute Gasteiger partial charge is 0.508 e. The van der Waals surface area contributed by atoms with Gasteiger partial charge >= 0.3 is 6.09 Å². The molecule has 1 fully saturated rings. The highest BCUT2D eigenvalue weighted by atomic mass is 16.5. The van der Waals surface area contributed by atoms with Crippen molar-refractivity contribution in [2.45, 2.75) is 44.7 Å². The van der Waals surface area contributed by atoms with E-state index in [-0.39, 0.29) is 6.09 Å². The summed E-state index contributed by atoms with van der Waals surface area (Å²) in [7, 11) is 1.43. The van der Waals surface area contributed by atoms with Gasteiger partial charge in [0, 0.05) is 25.2 Å². The van der Waals surface area contributed by atoms with Crippen LogP contribution in [0.15, 0.2) is 24.3 Å². The van der Waals surface area contributed by atoms with Crippen LogP contribution in [0.5, 0.6) is 5.75 Å². The number of ether oxygens (including phenoxy) is 1. The number of phenolic OH excluding ortho intramolecular Hbond substituents is 1. The van der Waals surface area contributed by atoms with Gasteiger partial charge in [0.1, 0.15) is 5.75 Å². The highest BCUT2D eigenvalue weighted by Gasteiger charge is 2.24. The van der Waals surface area contributed by atoms with E-state index >= 15 is 0 Å². The summed E-state index contributed by atoms with van der Waals surface area (Å²) in [6, 6.07) is 8.09. The van der Waals surface area contributed by atoms with Gasteiger partial charge in [-0.2, -0.15) is 0 Å². The molecule has 2 rings (SSSR count). The van der Waals surface area contributed by atoms with Gasteiger partial charge in [0.05, 0.1) is 7.11 Å². The number of phenols is 1. The van der Waals surface area contributed by atoms with E-state index in [1.54, 1.807) is 17.0 Å². The van der Waals surface area contributed by atoms with Crippen LogP contribution in [0, 0.1) is 0 Å². The van der Waals surface area contributed by atoms with E-state index in [1.807, 2.05) is 12.1 Å². The average molecular weight is 306 g/mol. The zero-order chi connectivity index (χ0) is 15.9. The minimum absolute atomic E-state index is 0.233. The van der Waals surface area contributed by atoms with E-state index in [9.17, 15) is 9.90 Å². The fourth-order valence-corrected chi connectivity index (χ4v) is 2.94. The number of aromatic hydroxyl groups is 1. The minimum Gasteiger partial charge on any atom is -0.508 e. The summed E-state index contributed by atoms with van der Waals surface area (Å²) in [6.07, 6.45) is 3.87. The Labute approximate surface area is 132 Å². The summed E-state index contributed by atoms with van der Waals surface area (Å²) in [5.74, 6) is 0.306. The van der Waals surface area contributed by atoms with Gasteiger partial charge in [-0.05, 0) is 50.3 Å². The van der Waals surface area contributed by atoms with Crippen LogP contribution in [0.3, 0.4) is 0 Å². The Bertz CT molecular complexity index is 475. The average Bonchev–Trinajstić information content (AvgIpc) is 2.54. The van der Waals surface area contributed by atoms with Gasteiger partial charge in [0.15, 0.2) is 0 Å². The number of hydrogen-bond acceptors (Lipinski definition) is 4. The number of piperidine rings is 1. The van der Waals surface area contributed by atoms with Gasteiger partial charge in [-0.1, -0.05) is 12.1 Å². The molecule has 1 saturated heterocycles. The third-order valence-corrected chi connectivity index (χ3v) is 4.18. The molecule has 1 aromatic rings. The molecule has 1 aliphatic rings. The van der Waals surface area contributed by atoms with E-state index in [1.165, 1.54) is 12.7 Å². The molecule has 2 atom stereocenters. The summed E-state index contributed by atoms with van der Waals surface area (Å²) < 4.78 is 4.80. The zero-order valence-electron chi connectivity index (χ0n) is 13.4. The Hall–Kier alpha value is -1.75. The van der Waals surface area contributed by atoms with Crippen molar-refractivity contribution in [1.29, 1.82) is 0 Å². The minimum atomic E-state index is -0.233. The van der Waals surface area contributed by atoms with Crippen LogP contribution in [0.1, 0.15) is 31.7 Å². The van der Waals surface area contributed by atoms with Crippen molar-refractivity contribution in [1.82, 2.24) is 10.2 Å². The normalized spacial score (nSPS) is 19.7. The topological polar surface area (TPSA) is 61.8 Å². The lowest BCUT2D eigenvalue weighted by Gasteiger charge is -2.33. The molecule has 0 aromatic heterocycles. The van der Waals surface area contributed by atoms with Crippen LogP contribution in [0.4, 0.5) is 4.79 Å². The molecule has 0 unspecified atom stereocenters. The second kappa shape index (κ2) is 8.03. The first-order valence-electron chi connectivity index (χ1n) is 7.95. The lowest BCUT2D eigenvalue weighted by atomic mass is 10.0. The Balaban J connectivity index is 1.75. The standard InChI is InChI=1S/C17H26N2O3/c1-13(5-6-14-7-9-16(20)10-8-14)18-15-4-3-11-19(12-15)17(21)22-2/h7-10,13,15,18,20H,3-6,11-12H2,1-2H3/t13-,15-/m0/s1. The monoisotopic (exact) mass is 306 g/mol. The van der Waals surface area contributed by atoms with Crippen molar-refractivity contribution in [3.05, 3.63) is 29.8 Å². The number of amides is 1. The zero-order valence-corrected chi connectivity index (χ0v) is 13.4. The predicted octanol–water partition coefficient (Wildman–Crippen LogP) is 2.53. The fraction of sp³-hybridized carbons (Fsp3) is 0.588. The van der Waals surface area contributed by atoms with Gasteiger partial charge in [-0.15, -0.1) is 0 Å². The number of likely N-dealkylation sites (tertiary alicyclic amines) is 1. The van der Waals surface area contributed by atoms with Crippen LogP contribution in [-0.4, -0.2) is 48.4 Å². The summed E-state index contributed by atoms with van der Waals surface area (Å²) in [6.45, 7) is 3.68. The highest BCUT2D eigenvalue weighted by molar-refractivity contribution is 5.67. The lowest BCUT2D eigenvalue weighted by molar-refractivity contribution is 0.106. The number of methoxy groups -OCH3 is 1. The number of rotatable bonds is 5. The van der Waals surface area contributed by atoms with E-state index in [2.05, 4.69) is 12.2 Å². The SMILES string of the molecule is COC(=O)N1CCC[C@H](N[C@@H](C)CCc2ccc(O)cc2)C1. The molecule has 1 amide bonds. The number of benzene rings is 1. The molecule has 22 heavy (non-hydrogen) atoms. The fourth-order valence-electron chi connectivity index (χ4n) is 2.94. The first-order valence-corrected chi connectivity index (χ1v) is 7.95. The second-order valence-electron chi connectivity index (χ2n) is 6.03. The first kappa shape index (κ1) is 16.6. The Kier molecular flexibility index (Phi) is 6.07. The molecule has 2 N–H and O–H groups in total. The molecule has 0 aliphatic carbocycles. The van der Waals surface area contributed by atoms with Crippen molar-refractivity contribution in [2.24, 2.45) is 0 Å². The Morgan fingerprint density at radius 2 is 2.18 bits per heavy atom. The van der Waals surface area contributed by atoms with E-state index < -0.39 is 0 Å². The van der Waals surface area contributed by atoms with Gasteiger partial charge in [0.25, 0.3) is 0 Å². The highest BCUT2D eigenvalue weighted by Crippen LogP contribution is 2.14. The maximum Gasteiger partial charge on any atom is 0.409 e. The molecule has 5 heteroatoms. The summed E-state index contributed by atoms with van der Waals surface area (Å²) >= 11 is 0. The summed E-state index contributed by atoms with van der Waals surface area (Å²) in [5, 5.41) is 12.9. The maximum atomic E-state index is 11.6. The third-order valence-electron chi connectivity index (χ3n) is 4.18. The summed E-state index contributed by atoms with van der Waals surface area (Å²) in [4.78, 5) is 13.4.